The summed E-state index contributed by atoms with van der Waals surface area (Å²) in [6.07, 6.45) is 3.44. The molecule has 13 heavy (non-hydrogen) atoms. The van der Waals surface area contributed by atoms with Gasteiger partial charge in [0.25, 0.3) is 0 Å². The van der Waals surface area contributed by atoms with Crippen LogP contribution < -0.4 is 5.73 Å². The fourth-order valence-corrected chi connectivity index (χ4v) is 1.72. The minimum atomic E-state index is 0.322. The first-order valence-electron chi connectivity index (χ1n) is 5.23. The summed E-state index contributed by atoms with van der Waals surface area (Å²) in [5, 5.41) is 0. The van der Waals surface area contributed by atoms with Crippen molar-refractivity contribution in [2.45, 2.75) is 38.3 Å². The Labute approximate surface area is 81.2 Å². The number of ether oxygens (including phenoxy) is 1. The highest BCUT2D eigenvalue weighted by atomic mass is 16.5. The smallest absolute Gasteiger partial charge is 0.0480 e. The maximum Gasteiger partial charge on any atom is 0.0480 e. The maximum atomic E-state index is 5.72. The fraction of sp³-hybridized carbons (Fsp3) is 1.00. The monoisotopic (exact) mass is 186 g/mol. The minimum Gasteiger partial charge on any atom is -0.381 e. The van der Waals surface area contributed by atoms with E-state index < -0.39 is 0 Å². The van der Waals surface area contributed by atoms with Gasteiger partial charge in [-0.1, -0.05) is 0 Å². The Morgan fingerprint density at radius 1 is 1.46 bits per heavy atom. The lowest BCUT2D eigenvalue weighted by atomic mass is 10.1. The molecule has 1 saturated heterocycles. The van der Waals surface area contributed by atoms with Crippen LogP contribution in [0, 0.1) is 0 Å². The van der Waals surface area contributed by atoms with Crippen LogP contribution in [-0.4, -0.2) is 43.8 Å². The van der Waals surface area contributed by atoms with Crippen molar-refractivity contribution in [2.24, 2.45) is 5.73 Å². The molecule has 0 amide bonds. The van der Waals surface area contributed by atoms with Gasteiger partial charge in [0.2, 0.25) is 0 Å². The molecule has 0 spiro atoms. The Bertz CT molecular complexity index is 133. The molecular formula is C10H22N2O. The van der Waals surface area contributed by atoms with Crippen molar-refractivity contribution in [2.75, 3.05) is 26.8 Å². The van der Waals surface area contributed by atoms with Crippen LogP contribution in [0.15, 0.2) is 0 Å². The van der Waals surface area contributed by atoms with E-state index in [9.17, 15) is 0 Å². The summed E-state index contributed by atoms with van der Waals surface area (Å²) in [4.78, 5) is 2.42. The predicted molar refractivity (Wildman–Crippen MR) is 54.7 cm³/mol. The Balaban J connectivity index is 2.17. The normalized spacial score (nSPS) is 22.2. The topological polar surface area (TPSA) is 38.5 Å². The zero-order chi connectivity index (χ0) is 9.68. The first kappa shape index (κ1) is 11.0. The van der Waals surface area contributed by atoms with Gasteiger partial charge >= 0.3 is 0 Å². The van der Waals surface area contributed by atoms with E-state index in [0.29, 0.717) is 12.1 Å². The van der Waals surface area contributed by atoms with Crippen molar-refractivity contribution in [3.63, 3.8) is 0 Å². The van der Waals surface area contributed by atoms with Crippen LogP contribution >= 0.6 is 0 Å². The number of rotatable bonds is 4. The van der Waals surface area contributed by atoms with Gasteiger partial charge < -0.3 is 15.4 Å². The molecule has 0 radical (unpaired) electrons. The van der Waals surface area contributed by atoms with Crippen LogP contribution in [-0.2, 0) is 4.74 Å². The van der Waals surface area contributed by atoms with Crippen molar-refractivity contribution >= 4 is 0 Å². The third-order valence-electron chi connectivity index (χ3n) is 2.75. The highest BCUT2D eigenvalue weighted by Gasteiger charge is 2.17. The molecule has 0 aromatic rings. The van der Waals surface area contributed by atoms with E-state index in [1.807, 2.05) is 0 Å². The SMILES string of the molecule is CC(N)CCN(C)C1CCOCC1. The van der Waals surface area contributed by atoms with Crippen molar-refractivity contribution in [1.29, 1.82) is 0 Å². The Kier molecular flexibility index (Phi) is 4.70. The van der Waals surface area contributed by atoms with Gasteiger partial charge in [0.1, 0.15) is 0 Å². The molecule has 78 valence electrons. The molecule has 0 bridgehead atoms. The van der Waals surface area contributed by atoms with E-state index in [4.69, 9.17) is 10.5 Å². The Hall–Kier alpha value is -0.120. The number of nitrogens with zero attached hydrogens (tertiary/aromatic N) is 1. The molecule has 0 aromatic carbocycles. The van der Waals surface area contributed by atoms with Gasteiger partial charge in [-0.15, -0.1) is 0 Å². The highest BCUT2D eigenvalue weighted by molar-refractivity contribution is 4.72. The van der Waals surface area contributed by atoms with Crippen molar-refractivity contribution in [3.05, 3.63) is 0 Å². The first-order valence-corrected chi connectivity index (χ1v) is 5.23. The average molecular weight is 186 g/mol. The quantitative estimate of drug-likeness (QED) is 0.707. The zero-order valence-electron chi connectivity index (χ0n) is 8.83. The molecule has 1 heterocycles. The summed E-state index contributed by atoms with van der Waals surface area (Å²) in [6, 6.07) is 1.04. The molecule has 3 nitrogen and oxygen atoms in total. The zero-order valence-corrected chi connectivity index (χ0v) is 8.83. The van der Waals surface area contributed by atoms with E-state index in [-0.39, 0.29) is 0 Å². The van der Waals surface area contributed by atoms with Gasteiger partial charge in [0.15, 0.2) is 0 Å². The van der Waals surface area contributed by atoms with Crippen LogP contribution in [0.4, 0.5) is 0 Å². The molecule has 0 saturated carbocycles. The summed E-state index contributed by atoms with van der Waals surface area (Å²) in [5.74, 6) is 0. The molecule has 1 fully saturated rings. The number of hydrogen-bond acceptors (Lipinski definition) is 3. The summed E-state index contributed by atoms with van der Waals surface area (Å²) in [5.41, 5.74) is 5.72. The van der Waals surface area contributed by atoms with Gasteiger partial charge in [0.05, 0.1) is 0 Å². The van der Waals surface area contributed by atoms with E-state index in [1.165, 1.54) is 12.8 Å². The molecule has 1 atom stereocenters. The van der Waals surface area contributed by atoms with E-state index in [0.717, 1.165) is 26.2 Å². The van der Waals surface area contributed by atoms with E-state index >= 15 is 0 Å². The molecule has 1 aliphatic rings. The van der Waals surface area contributed by atoms with Gasteiger partial charge in [-0.05, 0) is 39.8 Å². The second kappa shape index (κ2) is 5.58. The van der Waals surface area contributed by atoms with Gasteiger partial charge in [-0.3, -0.25) is 0 Å². The molecule has 1 unspecified atom stereocenters. The lowest BCUT2D eigenvalue weighted by Gasteiger charge is -2.31. The molecule has 1 aliphatic heterocycles. The fourth-order valence-electron chi connectivity index (χ4n) is 1.72. The van der Waals surface area contributed by atoms with Crippen molar-refractivity contribution in [3.8, 4) is 0 Å². The molecular weight excluding hydrogens is 164 g/mol. The third kappa shape index (κ3) is 4.07. The Morgan fingerprint density at radius 2 is 2.08 bits per heavy atom. The first-order chi connectivity index (χ1) is 6.20. The van der Waals surface area contributed by atoms with Gasteiger partial charge in [-0.25, -0.2) is 0 Å². The van der Waals surface area contributed by atoms with Crippen LogP contribution in [0.2, 0.25) is 0 Å². The largest absolute Gasteiger partial charge is 0.381 e. The summed E-state index contributed by atoms with van der Waals surface area (Å²) >= 11 is 0. The maximum absolute atomic E-state index is 5.72. The van der Waals surface area contributed by atoms with Crippen LogP contribution in [0.3, 0.4) is 0 Å². The average Bonchev–Trinajstić information content (AvgIpc) is 2.15. The van der Waals surface area contributed by atoms with E-state index in [2.05, 4.69) is 18.9 Å². The summed E-state index contributed by atoms with van der Waals surface area (Å²) in [6.45, 7) is 5.03. The summed E-state index contributed by atoms with van der Waals surface area (Å²) in [7, 11) is 2.19. The van der Waals surface area contributed by atoms with Crippen LogP contribution in [0.5, 0.6) is 0 Å². The van der Waals surface area contributed by atoms with Crippen molar-refractivity contribution in [1.82, 2.24) is 4.90 Å². The predicted octanol–water partition coefficient (Wildman–Crippen LogP) is 0.834. The standard InChI is InChI=1S/C10H22N2O/c1-9(11)3-6-12(2)10-4-7-13-8-5-10/h9-10H,3-8,11H2,1-2H3. The van der Waals surface area contributed by atoms with Gasteiger partial charge in [0, 0.05) is 25.3 Å². The number of hydrogen-bond donors (Lipinski definition) is 1. The molecule has 0 aliphatic carbocycles. The summed E-state index contributed by atoms with van der Waals surface area (Å²) < 4.78 is 5.32. The van der Waals surface area contributed by atoms with Crippen molar-refractivity contribution < 1.29 is 4.74 Å². The molecule has 0 aromatic heterocycles. The van der Waals surface area contributed by atoms with Crippen LogP contribution in [0.25, 0.3) is 0 Å². The molecule has 2 N–H and O–H groups in total. The second-order valence-corrected chi connectivity index (χ2v) is 4.09. The van der Waals surface area contributed by atoms with Crippen LogP contribution in [0.1, 0.15) is 26.2 Å². The molecule has 1 rings (SSSR count). The minimum absolute atomic E-state index is 0.322. The highest BCUT2D eigenvalue weighted by Crippen LogP contribution is 2.12. The number of nitrogens with two attached hydrogens (primary N) is 1. The molecule has 3 heteroatoms. The third-order valence-corrected chi connectivity index (χ3v) is 2.75. The lowest BCUT2D eigenvalue weighted by molar-refractivity contribution is 0.0424. The Morgan fingerprint density at radius 3 is 2.62 bits per heavy atom. The lowest BCUT2D eigenvalue weighted by Crippen LogP contribution is -2.38. The second-order valence-electron chi connectivity index (χ2n) is 4.09. The van der Waals surface area contributed by atoms with E-state index in [1.54, 1.807) is 0 Å². The van der Waals surface area contributed by atoms with Gasteiger partial charge in [-0.2, -0.15) is 0 Å².